The Morgan fingerprint density at radius 3 is 2.57 bits per heavy atom. The summed E-state index contributed by atoms with van der Waals surface area (Å²) in [5.74, 6) is 0.641. The van der Waals surface area contributed by atoms with E-state index in [-0.39, 0.29) is 23.5 Å². The first kappa shape index (κ1) is 13.4. The van der Waals surface area contributed by atoms with Crippen molar-refractivity contribution in [2.24, 2.45) is 0 Å². The number of nitrogens with two attached hydrogens (primary N) is 1. The number of carbonyl (C=O) groups is 1. The van der Waals surface area contributed by atoms with Gasteiger partial charge in [0.1, 0.15) is 11.9 Å². The summed E-state index contributed by atoms with van der Waals surface area (Å²) in [6, 6.07) is 9.69. The first-order valence-electron chi connectivity index (χ1n) is 6.83. The quantitative estimate of drug-likeness (QED) is 0.915. The lowest BCUT2D eigenvalue weighted by Gasteiger charge is -2.31. The van der Waals surface area contributed by atoms with Gasteiger partial charge in [-0.1, -0.05) is 18.2 Å². The number of likely N-dealkylation sites (tertiary alicyclic amines) is 1. The summed E-state index contributed by atoms with van der Waals surface area (Å²) in [6.07, 6.45) is 1.65. The van der Waals surface area contributed by atoms with Gasteiger partial charge in [-0.05, 0) is 22.4 Å². The van der Waals surface area contributed by atoms with E-state index in [1.165, 1.54) is 0 Å². The molecule has 3 rings (SSSR count). The van der Waals surface area contributed by atoms with Crippen molar-refractivity contribution in [1.29, 1.82) is 0 Å². The fourth-order valence-corrected chi connectivity index (χ4v) is 2.36. The van der Waals surface area contributed by atoms with Gasteiger partial charge in [0.25, 0.3) is 5.91 Å². The molecule has 2 N–H and O–H groups in total. The highest BCUT2D eigenvalue weighted by molar-refractivity contribution is 5.96. The summed E-state index contributed by atoms with van der Waals surface area (Å²) in [4.78, 5) is 13.9. The number of para-hydroxylation sites is 1. The van der Waals surface area contributed by atoms with Crippen LogP contribution in [0.2, 0.25) is 0 Å². The zero-order chi connectivity index (χ0) is 14.7. The minimum Gasteiger partial charge on any atom is -0.490 e. The lowest BCUT2D eigenvalue weighted by Crippen LogP contribution is -2.42. The molecule has 1 aromatic carbocycles. The van der Waals surface area contributed by atoms with E-state index in [2.05, 4.69) is 14.9 Å². The minimum absolute atomic E-state index is 0.0302. The zero-order valence-electron chi connectivity index (χ0n) is 11.4. The van der Waals surface area contributed by atoms with E-state index >= 15 is 0 Å². The Morgan fingerprint density at radius 2 is 1.95 bits per heavy atom. The Hall–Kier alpha value is -2.57. The number of aromatic nitrogens is 2. The lowest BCUT2D eigenvalue weighted by atomic mass is 10.1. The zero-order valence-corrected chi connectivity index (χ0v) is 11.4. The van der Waals surface area contributed by atoms with Gasteiger partial charge < -0.3 is 15.4 Å². The van der Waals surface area contributed by atoms with Crippen molar-refractivity contribution in [2.45, 2.75) is 18.9 Å². The monoisotopic (exact) mass is 288 g/mol. The Bertz CT molecular complexity index is 606. The van der Waals surface area contributed by atoms with Crippen molar-refractivity contribution in [3.8, 4) is 5.75 Å². The molecule has 0 radical (unpaired) electrons. The normalized spacial score (nSPS) is 15.9. The number of piperidine rings is 1. The number of hydrogen-bond donors (Lipinski definition) is 1. The van der Waals surface area contributed by atoms with Crippen molar-refractivity contribution in [3.05, 3.63) is 36.0 Å². The van der Waals surface area contributed by atoms with E-state index in [9.17, 15) is 4.79 Å². The maximum absolute atomic E-state index is 12.2. The summed E-state index contributed by atoms with van der Waals surface area (Å²) in [5, 5.41) is 6.97. The molecule has 2 aromatic rings. The fourth-order valence-electron chi connectivity index (χ4n) is 2.36. The molecule has 1 aliphatic heterocycles. The minimum atomic E-state index is -0.244. The Balaban J connectivity index is 1.56. The molecular weight excluding hydrogens is 272 g/mol. The molecule has 0 bridgehead atoms. The highest BCUT2D eigenvalue weighted by atomic mass is 16.6. The van der Waals surface area contributed by atoms with Crippen molar-refractivity contribution in [3.63, 3.8) is 0 Å². The molecule has 7 heteroatoms. The predicted octanol–water partition coefficient (Wildman–Crippen LogP) is 1.34. The lowest BCUT2D eigenvalue weighted by molar-refractivity contribution is 0.0586. The molecule has 0 aliphatic carbocycles. The summed E-state index contributed by atoms with van der Waals surface area (Å²) in [7, 11) is 0. The van der Waals surface area contributed by atoms with Crippen molar-refractivity contribution in [1.82, 2.24) is 15.2 Å². The largest absolute Gasteiger partial charge is 0.490 e. The molecule has 1 saturated heterocycles. The van der Waals surface area contributed by atoms with E-state index in [4.69, 9.17) is 10.5 Å². The van der Waals surface area contributed by atoms with E-state index < -0.39 is 0 Å². The van der Waals surface area contributed by atoms with Crippen molar-refractivity contribution in [2.75, 3.05) is 18.8 Å². The van der Waals surface area contributed by atoms with Crippen LogP contribution in [-0.2, 0) is 0 Å². The first-order valence-corrected chi connectivity index (χ1v) is 6.83. The maximum atomic E-state index is 12.2. The van der Waals surface area contributed by atoms with Gasteiger partial charge in [-0.15, -0.1) is 0 Å². The standard InChI is InChI=1S/C14H16N4O3/c15-13-12(16-21-17-13)14(19)18-8-6-11(7-9-18)20-10-4-2-1-3-5-10/h1-5,11H,6-9H2,(H2,15,17). The second-order valence-corrected chi connectivity index (χ2v) is 4.92. The predicted molar refractivity (Wildman–Crippen MR) is 74.7 cm³/mol. The van der Waals surface area contributed by atoms with Gasteiger partial charge in [-0.2, -0.15) is 0 Å². The molecule has 0 saturated carbocycles. The molecule has 2 heterocycles. The fraction of sp³-hybridized carbons (Fsp3) is 0.357. The molecule has 7 nitrogen and oxygen atoms in total. The number of ether oxygens (including phenoxy) is 1. The van der Waals surface area contributed by atoms with Crippen LogP contribution in [0.5, 0.6) is 5.75 Å². The molecule has 110 valence electrons. The van der Waals surface area contributed by atoms with Gasteiger partial charge in [-0.25, -0.2) is 4.63 Å². The number of nitrogens with zero attached hydrogens (tertiary/aromatic N) is 3. The van der Waals surface area contributed by atoms with Gasteiger partial charge in [0, 0.05) is 25.9 Å². The first-order chi connectivity index (χ1) is 10.2. The van der Waals surface area contributed by atoms with Crippen LogP contribution in [0.1, 0.15) is 23.3 Å². The molecule has 1 fully saturated rings. The highest BCUT2D eigenvalue weighted by Crippen LogP contribution is 2.20. The van der Waals surface area contributed by atoms with Crippen LogP contribution in [-0.4, -0.2) is 40.3 Å². The summed E-state index contributed by atoms with van der Waals surface area (Å²) in [5.41, 5.74) is 5.62. The van der Waals surface area contributed by atoms with Gasteiger partial charge in [-0.3, -0.25) is 4.79 Å². The third kappa shape index (κ3) is 2.96. The number of amides is 1. The van der Waals surface area contributed by atoms with Crippen LogP contribution >= 0.6 is 0 Å². The number of benzene rings is 1. The smallest absolute Gasteiger partial charge is 0.280 e. The third-order valence-corrected chi connectivity index (χ3v) is 3.49. The molecule has 1 aromatic heterocycles. The Labute approximate surface area is 121 Å². The summed E-state index contributed by atoms with van der Waals surface area (Å²) < 4.78 is 10.3. The van der Waals surface area contributed by atoms with Crippen LogP contribution in [0, 0.1) is 0 Å². The number of rotatable bonds is 3. The molecular formula is C14H16N4O3. The number of nitrogen functional groups attached to an aromatic ring is 1. The SMILES string of the molecule is Nc1nonc1C(=O)N1CCC(Oc2ccccc2)CC1. The van der Waals surface area contributed by atoms with Gasteiger partial charge >= 0.3 is 0 Å². The Kier molecular flexibility index (Phi) is 3.72. The van der Waals surface area contributed by atoms with Crippen molar-refractivity contribution >= 4 is 11.7 Å². The van der Waals surface area contributed by atoms with Crippen LogP contribution < -0.4 is 10.5 Å². The topological polar surface area (TPSA) is 94.5 Å². The van der Waals surface area contributed by atoms with E-state index in [0.717, 1.165) is 18.6 Å². The maximum Gasteiger partial charge on any atom is 0.280 e. The molecule has 0 unspecified atom stereocenters. The van der Waals surface area contributed by atoms with Crippen molar-refractivity contribution < 1.29 is 14.2 Å². The van der Waals surface area contributed by atoms with Gasteiger partial charge in [0.2, 0.25) is 11.5 Å². The highest BCUT2D eigenvalue weighted by Gasteiger charge is 2.28. The number of hydrogen-bond acceptors (Lipinski definition) is 6. The summed E-state index contributed by atoms with van der Waals surface area (Å²) in [6.45, 7) is 1.20. The number of anilines is 1. The van der Waals surface area contributed by atoms with E-state index in [0.29, 0.717) is 13.1 Å². The average Bonchev–Trinajstić information content (AvgIpc) is 2.94. The molecule has 21 heavy (non-hydrogen) atoms. The Morgan fingerprint density at radius 1 is 1.24 bits per heavy atom. The van der Waals surface area contributed by atoms with Crippen LogP contribution in [0.25, 0.3) is 0 Å². The van der Waals surface area contributed by atoms with Gasteiger partial charge in [0.15, 0.2) is 0 Å². The third-order valence-electron chi connectivity index (χ3n) is 3.49. The summed E-state index contributed by atoms with van der Waals surface area (Å²) >= 11 is 0. The molecule has 0 atom stereocenters. The van der Waals surface area contributed by atoms with Crippen LogP contribution in [0.3, 0.4) is 0 Å². The van der Waals surface area contributed by atoms with E-state index in [1.807, 2.05) is 30.3 Å². The van der Waals surface area contributed by atoms with E-state index in [1.54, 1.807) is 4.90 Å². The molecule has 0 spiro atoms. The average molecular weight is 288 g/mol. The number of carbonyl (C=O) groups excluding carboxylic acids is 1. The van der Waals surface area contributed by atoms with Crippen LogP contribution in [0.4, 0.5) is 5.82 Å². The second-order valence-electron chi connectivity index (χ2n) is 4.92. The van der Waals surface area contributed by atoms with Gasteiger partial charge in [0.05, 0.1) is 0 Å². The molecule has 1 amide bonds. The van der Waals surface area contributed by atoms with Crippen LogP contribution in [0.15, 0.2) is 35.0 Å². The second kappa shape index (κ2) is 5.82. The molecule has 1 aliphatic rings.